The number of rotatable bonds is 18. The lowest BCUT2D eigenvalue weighted by Crippen LogP contribution is -2.53. The highest BCUT2D eigenvalue weighted by Crippen LogP contribution is 2.17. The van der Waals surface area contributed by atoms with E-state index in [0.29, 0.717) is 45.1 Å². The summed E-state index contributed by atoms with van der Waals surface area (Å²) in [5.41, 5.74) is 2.29. The van der Waals surface area contributed by atoms with Gasteiger partial charge in [-0.25, -0.2) is 13.2 Å². The average molecular weight is 583 g/mol. The Balaban J connectivity index is 1.96. The van der Waals surface area contributed by atoms with E-state index in [1.807, 2.05) is 32.0 Å². The van der Waals surface area contributed by atoms with Crippen molar-refractivity contribution in [1.82, 2.24) is 21.3 Å². The van der Waals surface area contributed by atoms with Crippen LogP contribution in [0.3, 0.4) is 0 Å². The summed E-state index contributed by atoms with van der Waals surface area (Å²) in [5.74, 6) is -1.44. The summed E-state index contributed by atoms with van der Waals surface area (Å²) in [6.45, 7) is 6.41. The van der Waals surface area contributed by atoms with E-state index in [1.165, 1.54) is 5.56 Å². The van der Waals surface area contributed by atoms with Crippen molar-refractivity contribution in [2.75, 3.05) is 25.4 Å². The Morgan fingerprint density at radius 2 is 1.82 bits per heavy atom. The molecule has 1 aliphatic rings. The van der Waals surface area contributed by atoms with Crippen LogP contribution in [0.25, 0.3) is 0 Å². The topological polar surface area (TPSA) is 163 Å². The molecular formula is C28H46N4O7S. The van der Waals surface area contributed by atoms with Gasteiger partial charge in [-0.2, -0.15) is 0 Å². The number of nitrogens with one attached hydrogen (secondary N) is 4. The van der Waals surface area contributed by atoms with Crippen LogP contribution in [0.15, 0.2) is 24.3 Å². The molecule has 3 amide bonds. The molecule has 1 aliphatic heterocycles. The summed E-state index contributed by atoms with van der Waals surface area (Å²) < 4.78 is 31.5. The molecule has 0 spiro atoms. The van der Waals surface area contributed by atoms with Crippen molar-refractivity contribution in [3.63, 3.8) is 0 Å². The van der Waals surface area contributed by atoms with Crippen LogP contribution in [0.4, 0.5) is 4.79 Å². The molecule has 0 bridgehead atoms. The minimum atomic E-state index is -3.73. The molecule has 1 unspecified atom stereocenters. The molecule has 226 valence electrons. The van der Waals surface area contributed by atoms with E-state index in [9.17, 15) is 27.9 Å². The van der Waals surface area contributed by atoms with Gasteiger partial charge in [-0.15, -0.1) is 0 Å². The van der Waals surface area contributed by atoms with Crippen molar-refractivity contribution in [2.45, 2.75) is 95.7 Å². The number of amides is 3. The molecule has 0 aromatic heterocycles. The molecule has 1 heterocycles. The SMILES string of the molecule is CCCC(CCC)S(=O)(=O)CC(NC(=O)OC[C@H]1CCC(=O)N1)C(=O)NC[C@H](O)CNCc1cccc(CC)c1. The van der Waals surface area contributed by atoms with Crippen molar-refractivity contribution >= 4 is 27.7 Å². The second kappa shape index (κ2) is 17.2. The lowest BCUT2D eigenvalue weighted by Gasteiger charge is -2.23. The summed E-state index contributed by atoms with van der Waals surface area (Å²) in [6, 6.07) is 6.38. The largest absolute Gasteiger partial charge is 0.447 e. The maximum Gasteiger partial charge on any atom is 0.407 e. The van der Waals surface area contributed by atoms with Crippen LogP contribution in [-0.2, 0) is 37.1 Å². The number of carbonyl (C=O) groups excluding carboxylic acids is 3. The molecule has 0 aliphatic carbocycles. The van der Waals surface area contributed by atoms with E-state index in [2.05, 4.69) is 34.3 Å². The molecule has 5 N–H and O–H groups in total. The zero-order chi connectivity index (χ0) is 29.5. The van der Waals surface area contributed by atoms with E-state index >= 15 is 0 Å². The van der Waals surface area contributed by atoms with Crippen molar-refractivity contribution in [3.05, 3.63) is 35.4 Å². The van der Waals surface area contributed by atoms with Gasteiger partial charge in [-0.05, 0) is 36.8 Å². The van der Waals surface area contributed by atoms with Gasteiger partial charge in [0.1, 0.15) is 12.6 Å². The molecule has 1 saturated heterocycles. The normalized spacial score (nSPS) is 16.8. The fourth-order valence-electron chi connectivity index (χ4n) is 4.62. The molecule has 12 heteroatoms. The molecule has 0 saturated carbocycles. The summed E-state index contributed by atoms with van der Waals surface area (Å²) >= 11 is 0. The van der Waals surface area contributed by atoms with Gasteiger partial charge in [-0.3, -0.25) is 9.59 Å². The first-order valence-corrected chi connectivity index (χ1v) is 16.0. The van der Waals surface area contributed by atoms with Gasteiger partial charge in [0.15, 0.2) is 9.84 Å². The molecule has 11 nitrogen and oxygen atoms in total. The van der Waals surface area contributed by atoms with Gasteiger partial charge in [0, 0.05) is 26.1 Å². The van der Waals surface area contributed by atoms with Gasteiger partial charge in [0.05, 0.1) is 23.1 Å². The number of hydrogen-bond donors (Lipinski definition) is 5. The van der Waals surface area contributed by atoms with Gasteiger partial charge in [0.25, 0.3) is 0 Å². The minimum Gasteiger partial charge on any atom is -0.447 e. The first kappa shape index (κ1) is 33.5. The number of benzene rings is 1. The maximum atomic E-state index is 13.2. The molecule has 1 aromatic carbocycles. The lowest BCUT2D eigenvalue weighted by molar-refractivity contribution is -0.123. The Hall–Kier alpha value is -2.70. The van der Waals surface area contributed by atoms with E-state index in [1.54, 1.807) is 0 Å². The number of aryl methyl sites for hydroxylation is 1. The highest BCUT2D eigenvalue weighted by molar-refractivity contribution is 7.92. The van der Waals surface area contributed by atoms with Crippen LogP contribution in [-0.4, -0.2) is 80.3 Å². The predicted octanol–water partition coefficient (Wildman–Crippen LogP) is 1.57. The third kappa shape index (κ3) is 11.8. The van der Waals surface area contributed by atoms with E-state index in [-0.39, 0.29) is 31.6 Å². The molecular weight excluding hydrogens is 536 g/mol. The van der Waals surface area contributed by atoms with Crippen molar-refractivity contribution in [2.24, 2.45) is 0 Å². The molecule has 2 rings (SSSR count). The zero-order valence-corrected chi connectivity index (χ0v) is 24.7. The van der Waals surface area contributed by atoms with Gasteiger partial charge < -0.3 is 31.1 Å². The molecule has 1 aromatic rings. The van der Waals surface area contributed by atoms with Crippen LogP contribution in [0, 0.1) is 0 Å². The fourth-order valence-corrected chi connectivity index (χ4v) is 6.78. The lowest BCUT2D eigenvalue weighted by atomic mass is 10.1. The second-order valence-corrected chi connectivity index (χ2v) is 12.7. The Bertz CT molecular complexity index is 1060. The van der Waals surface area contributed by atoms with E-state index in [0.717, 1.165) is 12.0 Å². The highest BCUT2D eigenvalue weighted by Gasteiger charge is 2.33. The number of aliphatic hydroxyl groups excluding tert-OH is 1. The molecule has 3 atom stereocenters. The Labute approximate surface area is 238 Å². The van der Waals surface area contributed by atoms with Crippen LogP contribution in [0.5, 0.6) is 0 Å². The fraction of sp³-hybridized carbons (Fsp3) is 0.679. The second-order valence-electron chi connectivity index (χ2n) is 10.3. The van der Waals surface area contributed by atoms with Crippen LogP contribution in [0.1, 0.15) is 70.4 Å². The van der Waals surface area contributed by atoms with Gasteiger partial charge >= 0.3 is 6.09 Å². The van der Waals surface area contributed by atoms with Crippen molar-refractivity contribution < 1.29 is 32.6 Å². The van der Waals surface area contributed by atoms with Gasteiger partial charge in [-0.1, -0.05) is 57.9 Å². The van der Waals surface area contributed by atoms with Crippen LogP contribution >= 0.6 is 0 Å². The number of alkyl carbamates (subject to hydrolysis) is 1. The van der Waals surface area contributed by atoms with Crippen molar-refractivity contribution in [3.8, 4) is 0 Å². The number of aliphatic hydroxyl groups is 1. The number of carbonyl (C=O) groups is 3. The number of sulfone groups is 1. The smallest absolute Gasteiger partial charge is 0.407 e. The standard InChI is InChI=1S/C28H46N4O7S/c1-4-8-24(9-5-2)40(37,38)19-25(32-28(36)39-18-22-12-13-26(34)31-22)27(35)30-17-23(33)16-29-15-21-11-7-10-20(6-3)14-21/h7,10-11,14,22-25,29,33H,4-6,8-9,12-13,15-19H2,1-3H3,(H,30,35)(H,31,34)(H,32,36)/t22-,23-,25?/m1/s1. The molecule has 0 radical (unpaired) electrons. The molecule has 40 heavy (non-hydrogen) atoms. The first-order valence-electron chi connectivity index (χ1n) is 14.3. The third-order valence-corrected chi connectivity index (χ3v) is 9.14. The zero-order valence-electron chi connectivity index (χ0n) is 23.9. The maximum absolute atomic E-state index is 13.2. The minimum absolute atomic E-state index is 0.0848. The summed E-state index contributed by atoms with van der Waals surface area (Å²) in [7, 11) is -3.73. The summed E-state index contributed by atoms with van der Waals surface area (Å²) in [4.78, 5) is 36.9. The molecule has 1 fully saturated rings. The Morgan fingerprint density at radius 3 is 2.45 bits per heavy atom. The third-order valence-electron chi connectivity index (χ3n) is 6.86. The van der Waals surface area contributed by atoms with Gasteiger partial charge in [0.2, 0.25) is 11.8 Å². The van der Waals surface area contributed by atoms with E-state index in [4.69, 9.17) is 4.74 Å². The quantitative estimate of drug-likeness (QED) is 0.174. The first-order chi connectivity index (χ1) is 19.1. The number of ether oxygens (including phenoxy) is 1. The van der Waals surface area contributed by atoms with Crippen molar-refractivity contribution in [1.29, 1.82) is 0 Å². The Morgan fingerprint density at radius 1 is 1.12 bits per heavy atom. The Kier molecular flexibility index (Phi) is 14.4. The predicted molar refractivity (Wildman–Crippen MR) is 153 cm³/mol. The monoisotopic (exact) mass is 582 g/mol. The van der Waals surface area contributed by atoms with Crippen LogP contribution < -0.4 is 21.3 Å². The van der Waals surface area contributed by atoms with Crippen LogP contribution in [0.2, 0.25) is 0 Å². The number of hydrogen-bond acceptors (Lipinski definition) is 8. The van der Waals surface area contributed by atoms with E-state index < -0.39 is 45.0 Å². The average Bonchev–Trinajstić information content (AvgIpc) is 3.35. The summed E-state index contributed by atoms with van der Waals surface area (Å²) in [6.07, 6.45) is 2.18. The highest BCUT2D eigenvalue weighted by atomic mass is 32.2. The summed E-state index contributed by atoms with van der Waals surface area (Å²) in [5, 5.41) is 20.5.